The standard InChI is InChI=1S/C10H14FNO/c1-8(11)5-7-12-6-3-4-10(12)9(2)13/h3-4,6,8H,5,7H2,1-2H3. The minimum atomic E-state index is -0.817. The van der Waals surface area contributed by atoms with Gasteiger partial charge < -0.3 is 4.57 Å². The fourth-order valence-corrected chi connectivity index (χ4v) is 1.25. The number of aromatic nitrogens is 1. The molecule has 1 heterocycles. The summed E-state index contributed by atoms with van der Waals surface area (Å²) in [6.45, 7) is 3.61. The minimum absolute atomic E-state index is 0.0245. The zero-order valence-corrected chi connectivity index (χ0v) is 7.96. The van der Waals surface area contributed by atoms with Crippen molar-refractivity contribution in [2.45, 2.75) is 33.0 Å². The zero-order chi connectivity index (χ0) is 9.84. The summed E-state index contributed by atoms with van der Waals surface area (Å²) in [5, 5.41) is 0. The van der Waals surface area contributed by atoms with Crippen LogP contribution in [-0.4, -0.2) is 16.5 Å². The van der Waals surface area contributed by atoms with Gasteiger partial charge in [0.2, 0.25) is 0 Å². The predicted octanol–water partition coefficient (Wildman–Crippen LogP) is 2.44. The second-order valence-corrected chi connectivity index (χ2v) is 3.21. The molecule has 0 bridgehead atoms. The van der Waals surface area contributed by atoms with E-state index in [0.29, 0.717) is 18.7 Å². The molecule has 0 aliphatic heterocycles. The van der Waals surface area contributed by atoms with Gasteiger partial charge in [-0.1, -0.05) is 0 Å². The highest BCUT2D eigenvalue weighted by atomic mass is 19.1. The Hall–Kier alpha value is -1.12. The van der Waals surface area contributed by atoms with E-state index < -0.39 is 6.17 Å². The first kappa shape index (κ1) is 9.96. The van der Waals surface area contributed by atoms with Crippen LogP contribution in [0.3, 0.4) is 0 Å². The van der Waals surface area contributed by atoms with Crippen molar-refractivity contribution < 1.29 is 9.18 Å². The maximum atomic E-state index is 12.5. The second-order valence-electron chi connectivity index (χ2n) is 3.21. The van der Waals surface area contributed by atoms with Gasteiger partial charge >= 0.3 is 0 Å². The lowest BCUT2D eigenvalue weighted by atomic mass is 10.3. The highest BCUT2D eigenvalue weighted by Gasteiger charge is 2.06. The number of hydrogen-bond donors (Lipinski definition) is 0. The summed E-state index contributed by atoms with van der Waals surface area (Å²) in [4.78, 5) is 11.1. The van der Waals surface area contributed by atoms with Crippen LogP contribution in [0.15, 0.2) is 18.3 Å². The molecular weight excluding hydrogens is 169 g/mol. The van der Waals surface area contributed by atoms with E-state index in [1.165, 1.54) is 13.8 Å². The monoisotopic (exact) mass is 183 g/mol. The topological polar surface area (TPSA) is 22.0 Å². The van der Waals surface area contributed by atoms with Crippen LogP contribution in [0, 0.1) is 0 Å². The lowest BCUT2D eigenvalue weighted by Crippen LogP contribution is -2.08. The molecule has 3 heteroatoms. The summed E-state index contributed by atoms with van der Waals surface area (Å²) in [7, 11) is 0. The van der Waals surface area contributed by atoms with Gasteiger partial charge in [0.1, 0.15) is 0 Å². The summed E-state index contributed by atoms with van der Waals surface area (Å²) in [6, 6.07) is 3.56. The van der Waals surface area contributed by atoms with Crippen LogP contribution in [-0.2, 0) is 6.54 Å². The number of hydrogen-bond acceptors (Lipinski definition) is 1. The van der Waals surface area contributed by atoms with E-state index in [4.69, 9.17) is 0 Å². The van der Waals surface area contributed by atoms with E-state index in [9.17, 15) is 9.18 Å². The summed E-state index contributed by atoms with van der Waals surface area (Å²) in [5.41, 5.74) is 0.653. The quantitative estimate of drug-likeness (QED) is 0.657. The highest BCUT2D eigenvalue weighted by Crippen LogP contribution is 2.06. The zero-order valence-electron chi connectivity index (χ0n) is 7.96. The van der Waals surface area contributed by atoms with Crippen LogP contribution in [0.25, 0.3) is 0 Å². The van der Waals surface area contributed by atoms with Crippen LogP contribution < -0.4 is 0 Å². The Bertz CT molecular complexity index is 291. The van der Waals surface area contributed by atoms with E-state index in [1.54, 1.807) is 22.9 Å². The van der Waals surface area contributed by atoms with Crippen molar-refractivity contribution in [3.8, 4) is 0 Å². The van der Waals surface area contributed by atoms with Gasteiger partial charge in [0.25, 0.3) is 0 Å². The molecule has 0 aliphatic rings. The molecule has 0 N–H and O–H groups in total. The Kier molecular flexibility index (Phi) is 3.23. The molecule has 0 radical (unpaired) electrons. The largest absolute Gasteiger partial charge is 0.345 e. The Morgan fingerprint density at radius 1 is 1.69 bits per heavy atom. The Morgan fingerprint density at radius 3 is 2.92 bits per heavy atom. The maximum absolute atomic E-state index is 12.5. The molecule has 0 saturated carbocycles. The summed E-state index contributed by atoms with van der Waals surface area (Å²) >= 11 is 0. The van der Waals surface area contributed by atoms with Crippen molar-refractivity contribution in [3.05, 3.63) is 24.0 Å². The molecular formula is C10H14FNO. The van der Waals surface area contributed by atoms with E-state index in [-0.39, 0.29) is 5.78 Å². The number of nitrogens with zero attached hydrogens (tertiary/aromatic N) is 1. The van der Waals surface area contributed by atoms with Gasteiger partial charge in [0.05, 0.1) is 11.9 Å². The van der Waals surface area contributed by atoms with E-state index in [0.717, 1.165) is 0 Å². The molecule has 2 nitrogen and oxygen atoms in total. The first-order valence-corrected chi connectivity index (χ1v) is 4.41. The average molecular weight is 183 g/mol. The van der Waals surface area contributed by atoms with E-state index in [2.05, 4.69) is 0 Å². The number of aryl methyl sites for hydroxylation is 1. The van der Waals surface area contributed by atoms with E-state index in [1.807, 2.05) is 0 Å². The molecule has 1 aromatic heterocycles. The fraction of sp³-hybridized carbons (Fsp3) is 0.500. The molecule has 0 saturated heterocycles. The van der Waals surface area contributed by atoms with Gasteiger partial charge in [-0.25, -0.2) is 4.39 Å². The third kappa shape index (κ3) is 2.68. The molecule has 1 unspecified atom stereocenters. The smallest absolute Gasteiger partial charge is 0.176 e. The number of carbonyl (C=O) groups excluding carboxylic acids is 1. The highest BCUT2D eigenvalue weighted by molar-refractivity contribution is 5.92. The Balaban J connectivity index is 2.65. The fourth-order valence-electron chi connectivity index (χ4n) is 1.25. The second kappa shape index (κ2) is 4.21. The van der Waals surface area contributed by atoms with Gasteiger partial charge in [-0.2, -0.15) is 0 Å². The van der Waals surface area contributed by atoms with Crippen molar-refractivity contribution in [3.63, 3.8) is 0 Å². The summed E-state index contributed by atoms with van der Waals surface area (Å²) in [5.74, 6) is 0.0245. The van der Waals surface area contributed by atoms with Crippen LogP contribution in [0.2, 0.25) is 0 Å². The predicted molar refractivity (Wildman–Crippen MR) is 49.6 cm³/mol. The molecule has 0 fully saturated rings. The molecule has 1 rings (SSSR count). The molecule has 13 heavy (non-hydrogen) atoms. The third-order valence-corrected chi connectivity index (χ3v) is 1.96. The summed E-state index contributed by atoms with van der Waals surface area (Å²) < 4.78 is 14.3. The minimum Gasteiger partial charge on any atom is -0.345 e. The molecule has 1 aromatic rings. The molecule has 0 aromatic carbocycles. The van der Waals surface area contributed by atoms with Crippen LogP contribution in [0.4, 0.5) is 4.39 Å². The van der Waals surface area contributed by atoms with Crippen LogP contribution in [0.5, 0.6) is 0 Å². The van der Waals surface area contributed by atoms with Gasteiger partial charge in [0.15, 0.2) is 5.78 Å². The van der Waals surface area contributed by atoms with Crippen LogP contribution in [0.1, 0.15) is 30.8 Å². The van der Waals surface area contributed by atoms with Gasteiger partial charge in [-0.15, -0.1) is 0 Å². The number of rotatable bonds is 4. The first-order valence-electron chi connectivity index (χ1n) is 4.41. The first-order chi connectivity index (χ1) is 6.11. The number of Topliss-reactive ketones (excluding diaryl/α,β-unsaturated/α-hetero) is 1. The lowest BCUT2D eigenvalue weighted by Gasteiger charge is -2.06. The third-order valence-electron chi connectivity index (χ3n) is 1.96. The molecule has 0 amide bonds. The van der Waals surface area contributed by atoms with Crippen LogP contribution >= 0.6 is 0 Å². The van der Waals surface area contributed by atoms with Gasteiger partial charge in [0, 0.05) is 19.7 Å². The number of carbonyl (C=O) groups is 1. The normalized spacial score (nSPS) is 12.8. The summed E-state index contributed by atoms with van der Waals surface area (Å²) in [6.07, 6.45) is 1.44. The Morgan fingerprint density at radius 2 is 2.38 bits per heavy atom. The molecule has 0 spiro atoms. The van der Waals surface area contributed by atoms with E-state index >= 15 is 0 Å². The van der Waals surface area contributed by atoms with Crippen molar-refractivity contribution >= 4 is 5.78 Å². The molecule has 0 aliphatic carbocycles. The molecule has 1 atom stereocenters. The van der Waals surface area contributed by atoms with Crippen molar-refractivity contribution in [2.75, 3.05) is 0 Å². The number of halogens is 1. The van der Waals surface area contributed by atoms with Crippen molar-refractivity contribution in [1.82, 2.24) is 4.57 Å². The van der Waals surface area contributed by atoms with Crippen molar-refractivity contribution in [2.24, 2.45) is 0 Å². The molecule has 72 valence electrons. The van der Waals surface area contributed by atoms with Gasteiger partial charge in [-0.3, -0.25) is 4.79 Å². The SMILES string of the molecule is CC(=O)c1cccn1CCC(C)F. The Labute approximate surface area is 77.4 Å². The lowest BCUT2D eigenvalue weighted by molar-refractivity contribution is 0.100. The number of alkyl halides is 1. The average Bonchev–Trinajstić information content (AvgIpc) is 2.47. The van der Waals surface area contributed by atoms with Crippen molar-refractivity contribution in [1.29, 1.82) is 0 Å². The van der Waals surface area contributed by atoms with Gasteiger partial charge in [-0.05, 0) is 25.5 Å². The number of ketones is 1. The maximum Gasteiger partial charge on any atom is 0.176 e.